The number of ether oxygens (including phenoxy) is 3. The van der Waals surface area contributed by atoms with Crippen molar-refractivity contribution >= 4 is 35.1 Å². The first-order valence-electron chi connectivity index (χ1n) is 16.4. The van der Waals surface area contributed by atoms with E-state index in [0.717, 1.165) is 25.9 Å². The van der Waals surface area contributed by atoms with Crippen molar-refractivity contribution in [3.8, 4) is 11.5 Å². The molecule has 2 bridgehead atoms. The maximum absolute atomic E-state index is 14.5. The van der Waals surface area contributed by atoms with Gasteiger partial charge in [0.2, 0.25) is 0 Å². The molecule has 3 atom stereocenters. The lowest BCUT2D eigenvalue weighted by Crippen LogP contribution is -2.52. The summed E-state index contributed by atoms with van der Waals surface area (Å²) in [6.45, 7) is 2.70. The van der Waals surface area contributed by atoms with Crippen LogP contribution in [0.25, 0.3) is 0 Å². The van der Waals surface area contributed by atoms with E-state index in [0.29, 0.717) is 55.9 Å². The third-order valence-corrected chi connectivity index (χ3v) is 10.4. The predicted octanol–water partition coefficient (Wildman–Crippen LogP) is 7.09. The number of halogens is 3. The van der Waals surface area contributed by atoms with Gasteiger partial charge in [-0.25, -0.2) is 14.0 Å². The summed E-state index contributed by atoms with van der Waals surface area (Å²) in [5, 5.41) is 14.5. The lowest BCUT2D eigenvalue weighted by atomic mass is 9.80. The quantitative estimate of drug-likeness (QED) is 0.140. The number of fused-ring (bicyclic) bond motifs is 3. The summed E-state index contributed by atoms with van der Waals surface area (Å²) in [5.41, 5.74) is 2.84. The van der Waals surface area contributed by atoms with Gasteiger partial charge in [0.05, 0.1) is 29.8 Å². The van der Waals surface area contributed by atoms with Crippen LogP contribution in [-0.2, 0) is 22.5 Å². The number of carboxylic acid groups (broad SMARTS) is 1. The molecular weight excluding hydrogens is 684 g/mol. The van der Waals surface area contributed by atoms with E-state index in [2.05, 4.69) is 15.2 Å². The Morgan fingerprint density at radius 2 is 1.70 bits per heavy atom. The molecule has 262 valence electrons. The number of carboxylic acids is 1. The van der Waals surface area contributed by atoms with Gasteiger partial charge in [0.1, 0.15) is 18.0 Å². The zero-order valence-corrected chi connectivity index (χ0v) is 29.2. The number of pyridine rings is 1. The molecule has 0 radical (unpaired) electrons. The molecule has 3 aromatic carbocycles. The largest absolute Gasteiger partial charge is 0.493 e. The van der Waals surface area contributed by atoms with Crippen LogP contribution in [0.2, 0.25) is 10.0 Å². The number of carbonyl (C=O) groups excluding carboxylic acids is 1. The molecule has 2 N–H and O–H groups in total. The van der Waals surface area contributed by atoms with E-state index < -0.39 is 29.7 Å². The van der Waals surface area contributed by atoms with Crippen LogP contribution in [0.5, 0.6) is 11.5 Å². The molecule has 50 heavy (non-hydrogen) atoms. The number of esters is 1. The zero-order chi connectivity index (χ0) is 35.4. The van der Waals surface area contributed by atoms with E-state index in [4.69, 9.17) is 37.4 Å². The van der Waals surface area contributed by atoms with Crippen LogP contribution in [-0.4, -0.2) is 66.9 Å². The smallest absolute Gasteiger partial charge is 0.335 e. The standard InChI is InChI=1S/C38H38Cl2FN3O6/c1-48-32-10-9-23(16-33(32)49-2)28(17-29-30(39)19-42-20-31(29)40)35-25(6-4-8-27(35)37(45)46)18-43-36(24-5-3-7-26(41)15-24)38(47)50-34-21-44-13-11-22(34)12-14-44/h3-10,15-16,19-20,22,28,34,36,43H,11-14,17-18,21H2,1-2H3,(H,45,46)/t28-,34+,36?/m1/s1. The topological polar surface area (TPSA) is 110 Å². The van der Waals surface area contributed by atoms with Crippen LogP contribution >= 0.6 is 23.2 Å². The van der Waals surface area contributed by atoms with Gasteiger partial charge in [-0.1, -0.05) is 53.5 Å². The molecule has 3 saturated heterocycles. The Hall–Kier alpha value is -4.22. The maximum atomic E-state index is 14.5. The average molecular weight is 723 g/mol. The van der Waals surface area contributed by atoms with E-state index in [1.165, 1.54) is 44.8 Å². The number of nitrogens with one attached hydrogen (secondary N) is 1. The molecule has 0 aliphatic carbocycles. The van der Waals surface area contributed by atoms with Crippen LogP contribution in [0.3, 0.4) is 0 Å². The molecule has 1 unspecified atom stereocenters. The number of piperidine rings is 3. The fourth-order valence-electron chi connectivity index (χ4n) is 7.16. The van der Waals surface area contributed by atoms with E-state index in [-0.39, 0.29) is 30.6 Å². The monoisotopic (exact) mass is 721 g/mol. The number of hydrogen-bond donors (Lipinski definition) is 2. The SMILES string of the molecule is COc1ccc([C@@H](Cc2c(Cl)cncc2Cl)c2c(CNC(C(=O)O[C@H]3CN4CCC3CC4)c3cccc(F)c3)cccc2C(=O)O)cc1OC. The summed E-state index contributed by atoms with van der Waals surface area (Å²) in [6.07, 6.45) is 4.86. The fourth-order valence-corrected chi connectivity index (χ4v) is 7.67. The van der Waals surface area contributed by atoms with Crippen molar-refractivity contribution in [1.29, 1.82) is 0 Å². The Morgan fingerprint density at radius 1 is 0.980 bits per heavy atom. The van der Waals surface area contributed by atoms with Crippen molar-refractivity contribution < 1.29 is 33.3 Å². The molecule has 3 aliphatic rings. The lowest BCUT2D eigenvalue weighted by Gasteiger charge is -2.44. The molecule has 3 aliphatic heterocycles. The van der Waals surface area contributed by atoms with Gasteiger partial charge in [-0.3, -0.25) is 15.2 Å². The molecule has 3 fully saturated rings. The van der Waals surface area contributed by atoms with E-state index >= 15 is 0 Å². The second-order valence-corrected chi connectivity index (χ2v) is 13.4. The summed E-state index contributed by atoms with van der Waals surface area (Å²) in [7, 11) is 3.06. The molecule has 4 heterocycles. The van der Waals surface area contributed by atoms with Gasteiger partial charge in [-0.15, -0.1) is 0 Å². The van der Waals surface area contributed by atoms with Crippen LogP contribution in [0.1, 0.15) is 63.0 Å². The first kappa shape index (κ1) is 35.6. The number of nitrogens with zero attached hydrogens (tertiary/aromatic N) is 2. The van der Waals surface area contributed by atoms with Crippen LogP contribution in [0, 0.1) is 11.7 Å². The normalized spacial score (nSPS) is 19.4. The number of aromatic nitrogens is 1. The second kappa shape index (κ2) is 15.8. The average Bonchev–Trinajstić information content (AvgIpc) is 3.12. The summed E-state index contributed by atoms with van der Waals surface area (Å²) >= 11 is 13.2. The minimum absolute atomic E-state index is 0.0502. The molecule has 1 aromatic heterocycles. The molecule has 9 nitrogen and oxygen atoms in total. The van der Waals surface area contributed by atoms with E-state index in [1.807, 2.05) is 6.07 Å². The van der Waals surface area contributed by atoms with Crippen molar-refractivity contribution in [3.63, 3.8) is 0 Å². The van der Waals surface area contributed by atoms with Crippen molar-refractivity contribution in [2.24, 2.45) is 5.92 Å². The van der Waals surface area contributed by atoms with Crippen LogP contribution in [0.15, 0.2) is 73.1 Å². The third-order valence-electron chi connectivity index (χ3n) is 9.72. The molecule has 7 rings (SSSR count). The van der Waals surface area contributed by atoms with Gasteiger partial charge in [0, 0.05) is 31.4 Å². The van der Waals surface area contributed by atoms with Crippen molar-refractivity contribution in [2.45, 2.75) is 43.9 Å². The summed E-state index contributed by atoms with van der Waals surface area (Å²) in [6, 6.07) is 15.2. The fraction of sp³-hybridized carbons (Fsp3) is 0.342. The van der Waals surface area contributed by atoms with Gasteiger partial charge in [-0.2, -0.15) is 0 Å². The Morgan fingerprint density at radius 3 is 2.34 bits per heavy atom. The lowest BCUT2D eigenvalue weighted by molar-refractivity contribution is -0.161. The van der Waals surface area contributed by atoms with E-state index in [1.54, 1.807) is 36.4 Å². The second-order valence-electron chi connectivity index (χ2n) is 12.6. The van der Waals surface area contributed by atoms with Crippen molar-refractivity contribution in [3.05, 3.63) is 122 Å². The molecule has 4 aromatic rings. The maximum Gasteiger partial charge on any atom is 0.335 e. The highest BCUT2D eigenvalue weighted by Gasteiger charge is 2.38. The molecule has 0 amide bonds. The van der Waals surface area contributed by atoms with Crippen molar-refractivity contribution in [1.82, 2.24) is 15.2 Å². The third kappa shape index (κ3) is 7.73. The summed E-state index contributed by atoms with van der Waals surface area (Å²) in [5.74, 6) is -1.51. The molecule has 12 heteroatoms. The molecule has 0 spiro atoms. The number of methoxy groups -OCH3 is 2. The first-order valence-corrected chi connectivity index (χ1v) is 17.2. The highest BCUT2D eigenvalue weighted by molar-refractivity contribution is 6.35. The zero-order valence-electron chi connectivity index (χ0n) is 27.7. The molecule has 0 saturated carbocycles. The minimum Gasteiger partial charge on any atom is -0.493 e. The van der Waals surface area contributed by atoms with Crippen molar-refractivity contribution in [2.75, 3.05) is 33.9 Å². The van der Waals surface area contributed by atoms with Gasteiger partial charge in [0.25, 0.3) is 0 Å². The Kier molecular flexibility index (Phi) is 11.2. The Balaban J connectivity index is 1.41. The summed E-state index contributed by atoms with van der Waals surface area (Å²) in [4.78, 5) is 33.1. The number of rotatable bonds is 13. The Bertz CT molecular complexity index is 1850. The Labute approximate surface area is 300 Å². The van der Waals surface area contributed by atoms with Gasteiger partial charge in [-0.05, 0) is 96.4 Å². The van der Waals surface area contributed by atoms with Crippen LogP contribution in [0.4, 0.5) is 4.39 Å². The number of benzene rings is 3. The van der Waals surface area contributed by atoms with Gasteiger partial charge < -0.3 is 19.3 Å². The van der Waals surface area contributed by atoms with Gasteiger partial charge in [0.15, 0.2) is 11.5 Å². The number of hydrogen-bond acceptors (Lipinski definition) is 8. The van der Waals surface area contributed by atoms with E-state index in [9.17, 15) is 19.1 Å². The summed E-state index contributed by atoms with van der Waals surface area (Å²) < 4.78 is 31.7. The predicted molar refractivity (Wildman–Crippen MR) is 188 cm³/mol. The minimum atomic E-state index is -1.14. The van der Waals surface area contributed by atoms with Gasteiger partial charge >= 0.3 is 11.9 Å². The first-order chi connectivity index (χ1) is 24.2. The highest BCUT2D eigenvalue weighted by Crippen LogP contribution is 2.40. The number of carbonyl (C=O) groups is 2. The van der Waals surface area contributed by atoms with Crippen LogP contribution < -0.4 is 14.8 Å². The highest BCUT2D eigenvalue weighted by atomic mass is 35.5. The molecular formula is C38H38Cl2FN3O6. The number of aromatic carboxylic acids is 1.